The summed E-state index contributed by atoms with van der Waals surface area (Å²) in [5, 5.41) is 0. The Morgan fingerprint density at radius 1 is 1.50 bits per heavy atom. The molecule has 1 aromatic rings. The second-order valence-corrected chi connectivity index (χ2v) is 3.59. The molecular formula is C12H16O4. The molecule has 4 heteroatoms. The van der Waals surface area contributed by atoms with Crippen LogP contribution in [0.1, 0.15) is 36.5 Å². The molecule has 1 heterocycles. The third kappa shape index (κ3) is 2.95. The summed E-state index contributed by atoms with van der Waals surface area (Å²) in [5.74, 6) is -1.41. The van der Waals surface area contributed by atoms with Gasteiger partial charge < -0.3 is 9.15 Å². The van der Waals surface area contributed by atoms with E-state index in [1.807, 2.05) is 6.92 Å². The number of rotatable bonds is 6. The van der Waals surface area contributed by atoms with Gasteiger partial charge in [0.05, 0.1) is 18.9 Å². The largest absolute Gasteiger partial charge is 0.472 e. The molecule has 1 atom stereocenters. The maximum absolute atomic E-state index is 12.0. The van der Waals surface area contributed by atoms with Crippen molar-refractivity contribution in [3.63, 3.8) is 0 Å². The average Bonchev–Trinajstić information content (AvgIpc) is 2.82. The molecule has 88 valence electrons. The zero-order valence-electron chi connectivity index (χ0n) is 9.56. The molecule has 0 aliphatic carbocycles. The third-order valence-electron chi connectivity index (χ3n) is 2.45. The number of furan rings is 1. The number of methoxy groups -OCH3 is 1. The molecule has 0 aliphatic heterocycles. The van der Waals surface area contributed by atoms with Crippen molar-refractivity contribution in [3.05, 3.63) is 24.2 Å². The average molecular weight is 224 g/mol. The van der Waals surface area contributed by atoms with Crippen LogP contribution in [0, 0.1) is 5.92 Å². The Morgan fingerprint density at radius 3 is 2.75 bits per heavy atom. The fourth-order valence-corrected chi connectivity index (χ4v) is 1.51. The molecule has 1 aromatic heterocycles. The van der Waals surface area contributed by atoms with E-state index in [0.29, 0.717) is 12.0 Å². The van der Waals surface area contributed by atoms with Crippen molar-refractivity contribution in [2.75, 3.05) is 7.11 Å². The van der Waals surface area contributed by atoms with Gasteiger partial charge in [0.2, 0.25) is 0 Å². The van der Waals surface area contributed by atoms with Crippen molar-refractivity contribution in [2.45, 2.75) is 26.2 Å². The van der Waals surface area contributed by atoms with Crippen molar-refractivity contribution in [1.82, 2.24) is 0 Å². The summed E-state index contributed by atoms with van der Waals surface area (Å²) in [7, 11) is 1.30. The first kappa shape index (κ1) is 12.5. The Hall–Kier alpha value is -1.58. The molecule has 4 nitrogen and oxygen atoms in total. The van der Waals surface area contributed by atoms with E-state index in [9.17, 15) is 9.59 Å². The zero-order valence-corrected chi connectivity index (χ0v) is 9.56. The SMILES string of the molecule is CCCCC(C(=O)OC)C(=O)c1ccoc1. The van der Waals surface area contributed by atoms with Gasteiger partial charge in [0.25, 0.3) is 0 Å². The Kier molecular flexibility index (Phi) is 4.76. The lowest BCUT2D eigenvalue weighted by molar-refractivity contribution is -0.143. The third-order valence-corrected chi connectivity index (χ3v) is 2.45. The number of ether oxygens (including phenoxy) is 1. The molecule has 0 saturated carbocycles. The van der Waals surface area contributed by atoms with Gasteiger partial charge in [0.1, 0.15) is 12.2 Å². The van der Waals surface area contributed by atoms with Crippen LogP contribution >= 0.6 is 0 Å². The summed E-state index contributed by atoms with van der Waals surface area (Å²) in [4.78, 5) is 23.4. The van der Waals surface area contributed by atoms with Crippen molar-refractivity contribution in [1.29, 1.82) is 0 Å². The maximum Gasteiger partial charge on any atom is 0.316 e. The van der Waals surface area contributed by atoms with Gasteiger partial charge in [-0.15, -0.1) is 0 Å². The Labute approximate surface area is 94.6 Å². The molecule has 0 spiro atoms. The van der Waals surface area contributed by atoms with Gasteiger partial charge in [-0.05, 0) is 12.5 Å². The Bertz CT molecular complexity index is 340. The van der Waals surface area contributed by atoms with Gasteiger partial charge in [-0.2, -0.15) is 0 Å². The summed E-state index contributed by atoms with van der Waals surface area (Å²) in [6.07, 6.45) is 5.05. The fraction of sp³-hybridized carbons (Fsp3) is 0.500. The standard InChI is InChI=1S/C12H16O4/c1-3-4-5-10(12(14)15-2)11(13)9-6-7-16-8-9/h6-8,10H,3-5H2,1-2H3. The van der Waals surface area contributed by atoms with Crippen molar-refractivity contribution >= 4 is 11.8 Å². The fourth-order valence-electron chi connectivity index (χ4n) is 1.51. The van der Waals surface area contributed by atoms with Crippen LogP contribution in [0.3, 0.4) is 0 Å². The van der Waals surface area contributed by atoms with E-state index in [1.165, 1.54) is 19.6 Å². The topological polar surface area (TPSA) is 56.5 Å². The van der Waals surface area contributed by atoms with Gasteiger partial charge in [0, 0.05) is 0 Å². The number of carbonyl (C=O) groups excluding carboxylic acids is 2. The highest BCUT2D eigenvalue weighted by Crippen LogP contribution is 2.17. The molecule has 0 saturated heterocycles. The van der Waals surface area contributed by atoms with Crippen LogP contribution in [0.2, 0.25) is 0 Å². The predicted octanol–water partition coefficient (Wildman–Crippen LogP) is 2.44. The van der Waals surface area contributed by atoms with Crippen LogP contribution in [0.5, 0.6) is 0 Å². The van der Waals surface area contributed by atoms with Gasteiger partial charge in [0.15, 0.2) is 5.78 Å². The van der Waals surface area contributed by atoms with E-state index in [4.69, 9.17) is 4.42 Å². The van der Waals surface area contributed by atoms with E-state index in [0.717, 1.165) is 12.8 Å². The summed E-state index contributed by atoms with van der Waals surface area (Å²) in [6.45, 7) is 2.01. The van der Waals surface area contributed by atoms with Crippen LogP contribution in [-0.4, -0.2) is 18.9 Å². The Balaban J connectivity index is 2.76. The highest BCUT2D eigenvalue weighted by atomic mass is 16.5. The monoisotopic (exact) mass is 224 g/mol. The highest BCUT2D eigenvalue weighted by Gasteiger charge is 2.28. The highest BCUT2D eigenvalue weighted by molar-refractivity contribution is 6.08. The number of ketones is 1. The van der Waals surface area contributed by atoms with Gasteiger partial charge in [-0.3, -0.25) is 9.59 Å². The predicted molar refractivity (Wildman–Crippen MR) is 58.1 cm³/mol. The minimum atomic E-state index is -0.706. The number of unbranched alkanes of at least 4 members (excludes halogenated alkanes) is 1. The number of esters is 1. The van der Waals surface area contributed by atoms with E-state index in [-0.39, 0.29) is 5.78 Å². The molecule has 1 rings (SSSR count). The smallest absolute Gasteiger partial charge is 0.316 e. The van der Waals surface area contributed by atoms with E-state index >= 15 is 0 Å². The van der Waals surface area contributed by atoms with Crippen LogP contribution in [0.15, 0.2) is 23.0 Å². The lowest BCUT2D eigenvalue weighted by Gasteiger charge is -2.11. The molecule has 0 bridgehead atoms. The lowest BCUT2D eigenvalue weighted by atomic mass is 9.94. The first-order valence-electron chi connectivity index (χ1n) is 5.35. The molecule has 0 fully saturated rings. The van der Waals surface area contributed by atoms with Crippen LogP contribution in [0.4, 0.5) is 0 Å². The first-order valence-corrected chi connectivity index (χ1v) is 5.35. The van der Waals surface area contributed by atoms with Gasteiger partial charge in [-0.25, -0.2) is 0 Å². The number of hydrogen-bond acceptors (Lipinski definition) is 4. The van der Waals surface area contributed by atoms with Crippen LogP contribution < -0.4 is 0 Å². The molecular weight excluding hydrogens is 208 g/mol. The zero-order chi connectivity index (χ0) is 12.0. The normalized spacial score (nSPS) is 12.1. The quantitative estimate of drug-likeness (QED) is 0.423. The Morgan fingerprint density at radius 2 is 2.25 bits per heavy atom. The van der Waals surface area contributed by atoms with Crippen LogP contribution in [-0.2, 0) is 9.53 Å². The maximum atomic E-state index is 12.0. The summed E-state index contributed by atoms with van der Waals surface area (Å²) in [5.41, 5.74) is 0.423. The number of hydrogen-bond donors (Lipinski definition) is 0. The molecule has 1 unspecified atom stereocenters. The summed E-state index contributed by atoms with van der Waals surface area (Å²) in [6, 6.07) is 1.56. The molecule has 0 radical (unpaired) electrons. The van der Waals surface area contributed by atoms with Crippen molar-refractivity contribution < 1.29 is 18.7 Å². The van der Waals surface area contributed by atoms with Gasteiger partial charge in [-0.1, -0.05) is 19.8 Å². The molecule has 0 aliphatic rings. The van der Waals surface area contributed by atoms with Crippen molar-refractivity contribution in [2.24, 2.45) is 5.92 Å². The summed E-state index contributed by atoms with van der Waals surface area (Å²) >= 11 is 0. The minimum absolute atomic E-state index is 0.228. The molecule has 0 amide bonds. The van der Waals surface area contributed by atoms with E-state index in [1.54, 1.807) is 6.07 Å². The summed E-state index contributed by atoms with van der Waals surface area (Å²) < 4.78 is 9.47. The number of carbonyl (C=O) groups is 2. The molecule has 0 N–H and O–H groups in total. The molecule has 16 heavy (non-hydrogen) atoms. The minimum Gasteiger partial charge on any atom is -0.472 e. The first-order chi connectivity index (χ1) is 7.70. The second kappa shape index (κ2) is 6.10. The van der Waals surface area contributed by atoms with Crippen LogP contribution in [0.25, 0.3) is 0 Å². The lowest BCUT2D eigenvalue weighted by Crippen LogP contribution is -2.25. The van der Waals surface area contributed by atoms with Crippen molar-refractivity contribution in [3.8, 4) is 0 Å². The van der Waals surface area contributed by atoms with E-state index < -0.39 is 11.9 Å². The van der Waals surface area contributed by atoms with Gasteiger partial charge >= 0.3 is 5.97 Å². The number of Topliss-reactive ketones (excluding diaryl/α,β-unsaturated/α-hetero) is 1. The van der Waals surface area contributed by atoms with E-state index in [2.05, 4.69) is 4.74 Å². The molecule has 0 aromatic carbocycles. The second-order valence-electron chi connectivity index (χ2n) is 3.59.